The third-order valence-corrected chi connectivity index (χ3v) is 6.88. The quantitative estimate of drug-likeness (QED) is 0.355. The molecular formula is C28H28N6O. The van der Waals surface area contributed by atoms with Crippen molar-refractivity contribution in [2.24, 2.45) is 0 Å². The average molecular weight is 465 g/mol. The van der Waals surface area contributed by atoms with Crippen molar-refractivity contribution >= 4 is 16.7 Å². The van der Waals surface area contributed by atoms with Crippen LogP contribution >= 0.6 is 0 Å². The molecule has 7 nitrogen and oxygen atoms in total. The second-order valence-corrected chi connectivity index (χ2v) is 9.37. The molecule has 7 heteroatoms. The summed E-state index contributed by atoms with van der Waals surface area (Å²) in [5.41, 5.74) is 6.40. The zero-order valence-electron chi connectivity index (χ0n) is 20.0. The maximum Gasteiger partial charge on any atom is 0.248 e. The number of nitrogens with zero attached hydrogens (tertiary/aromatic N) is 6. The molecule has 0 radical (unpaired) electrons. The molecule has 0 N–H and O–H groups in total. The largest absolute Gasteiger partial charge is 0.416 e. The molecule has 5 aromatic rings. The molecule has 1 unspecified atom stereocenters. The maximum atomic E-state index is 6.02. The molecule has 0 spiro atoms. The summed E-state index contributed by atoms with van der Waals surface area (Å²) in [6.07, 6.45) is 3.08. The van der Waals surface area contributed by atoms with E-state index in [1.54, 1.807) is 0 Å². The molecule has 1 saturated heterocycles. The summed E-state index contributed by atoms with van der Waals surface area (Å²) in [7, 11) is 4.30. The summed E-state index contributed by atoms with van der Waals surface area (Å²) in [4.78, 5) is 9.21. The van der Waals surface area contributed by atoms with Gasteiger partial charge in [-0.15, -0.1) is 10.2 Å². The minimum absolute atomic E-state index is 0.525. The van der Waals surface area contributed by atoms with Crippen LogP contribution in [0.3, 0.4) is 0 Å². The van der Waals surface area contributed by atoms with E-state index in [1.807, 2.05) is 36.7 Å². The van der Waals surface area contributed by atoms with E-state index in [0.29, 0.717) is 17.8 Å². The zero-order valence-corrected chi connectivity index (χ0v) is 20.0. The Morgan fingerprint density at radius 3 is 2.26 bits per heavy atom. The van der Waals surface area contributed by atoms with E-state index in [0.717, 1.165) is 41.8 Å². The Balaban J connectivity index is 1.14. The fourth-order valence-electron chi connectivity index (χ4n) is 4.75. The third kappa shape index (κ3) is 4.31. The number of imidazole rings is 1. The number of anilines is 1. The Hall–Kier alpha value is -3.97. The SMILES string of the molecule is CN(C)C1CCN(c2ccc(-c3nnc(-c4ccc(Cn5cnc6ccccc65)cc4)o3)cc2)C1. The first-order valence-corrected chi connectivity index (χ1v) is 12.0. The van der Waals surface area contributed by atoms with Gasteiger partial charge in [0, 0.05) is 42.5 Å². The number of rotatable bonds is 6. The summed E-state index contributed by atoms with van der Waals surface area (Å²) in [5.74, 6) is 1.06. The highest BCUT2D eigenvalue weighted by atomic mass is 16.4. The van der Waals surface area contributed by atoms with Crippen molar-refractivity contribution in [1.29, 1.82) is 0 Å². The Bertz CT molecular complexity index is 1430. The van der Waals surface area contributed by atoms with Crippen molar-refractivity contribution in [2.45, 2.75) is 19.0 Å². The number of likely N-dealkylation sites (N-methyl/N-ethyl adjacent to an activating group) is 1. The molecular weight excluding hydrogens is 436 g/mol. The van der Waals surface area contributed by atoms with Crippen LogP contribution in [0.15, 0.2) is 83.5 Å². The number of benzene rings is 3. The van der Waals surface area contributed by atoms with Crippen LogP contribution in [0.2, 0.25) is 0 Å². The van der Waals surface area contributed by atoms with E-state index >= 15 is 0 Å². The van der Waals surface area contributed by atoms with E-state index < -0.39 is 0 Å². The predicted molar refractivity (Wildman–Crippen MR) is 138 cm³/mol. The summed E-state index contributed by atoms with van der Waals surface area (Å²) in [6.45, 7) is 2.90. The van der Waals surface area contributed by atoms with E-state index in [-0.39, 0.29) is 0 Å². The van der Waals surface area contributed by atoms with Crippen molar-refractivity contribution < 1.29 is 4.42 Å². The van der Waals surface area contributed by atoms with Gasteiger partial charge in [-0.3, -0.25) is 0 Å². The molecule has 2 aromatic heterocycles. The molecule has 3 heterocycles. The topological polar surface area (TPSA) is 63.2 Å². The highest BCUT2D eigenvalue weighted by Crippen LogP contribution is 2.28. The van der Waals surface area contributed by atoms with Gasteiger partial charge >= 0.3 is 0 Å². The van der Waals surface area contributed by atoms with Crippen LogP contribution in [-0.2, 0) is 6.54 Å². The Morgan fingerprint density at radius 2 is 1.57 bits per heavy atom. The average Bonchev–Trinajstić information content (AvgIpc) is 3.65. The molecule has 1 fully saturated rings. The fraction of sp³-hybridized carbons (Fsp3) is 0.250. The van der Waals surface area contributed by atoms with Crippen LogP contribution in [-0.4, -0.2) is 57.9 Å². The molecule has 1 aliphatic rings. The molecule has 0 aliphatic carbocycles. The molecule has 0 amide bonds. The van der Waals surface area contributed by atoms with Crippen molar-refractivity contribution in [3.05, 3.63) is 84.7 Å². The highest BCUT2D eigenvalue weighted by Gasteiger charge is 2.24. The Labute approximate surface area is 204 Å². The van der Waals surface area contributed by atoms with E-state index in [4.69, 9.17) is 4.42 Å². The molecule has 35 heavy (non-hydrogen) atoms. The first-order valence-electron chi connectivity index (χ1n) is 12.0. The fourth-order valence-corrected chi connectivity index (χ4v) is 4.75. The molecule has 6 rings (SSSR count). The van der Waals surface area contributed by atoms with Crippen molar-refractivity contribution in [3.8, 4) is 22.9 Å². The summed E-state index contributed by atoms with van der Waals surface area (Å²) in [6, 6.07) is 25.5. The molecule has 1 aliphatic heterocycles. The summed E-state index contributed by atoms with van der Waals surface area (Å²) >= 11 is 0. The number of hydrogen-bond acceptors (Lipinski definition) is 6. The molecule has 0 bridgehead atoms. The Morgan fingerprint density at radius 1 is 0.886 bits per heavy atom. The lowest BCUT2D eigenvalue weighted by atomic mass is 10.1. The predicted octanol–water partition coefficient (Wildman–Crippen LogP) is 4.94. The maximum absolute atomic E-state index is 6.02. The van der Waals surface area contributed by atoms with Gasteiger partial charge in [-0.25, -0.2) is 4.98 Å². The first-order chi connectivity index (χ1) is 17.1. The van der Waals surface area contributed by atoms with Crippen molar-refractivity contribution in [2.75, 3.05) is 32.1 Å². The van der Waals surface area contributed by atoms with Crippen LogP contribution < -0.4 is 4.90 Å². The van der Waals surface area contributed by atoms with Crippen LogP contribution in [0, 0.1) is 0 Å². The third-order valence-electron chi connectivity index (χ3n) is 6.88. The lowest BCUT2D eigenvalue weighted by molar-refractivity contribution is 0.315. The molecule has 176 valence electrons. The summed E-state index contributed by atoms with van der Waals surface area (Å²) in [5, 5.41) is 8.58. The van der Waals surface area contributed by atoms with Crippen molar-refractivity contribution in [3.63, 3.8) is 0 Å². The van der Waals surface area contributed by atoms with Gasteiger partial charge in [-0.2, -0.15) is 0 Å². The van der Waals surface area contributed by atoms with Crippen LogP contribution in [0.1, 0.15) is 12.0 Å². The van der Waals surface area contributed by atoms with E-state index in [2.05, 4.69) is 86.1 Å². The van der Waals surface area contributed by atoms with Gasteiger partial charge in [0.15, 0.2) is 0 Å². The zero-order chi connectivity index (χ0) is 23.8. The Kier molecular flexibility index (Phi) is 5.54. The standard InChI is InChI=1S/C28H28N6O/c1-32(2)24-15-16-33(18-24)23-13-11-22(12-14-23)28-31-30-27(35-28)21-9-7-20(8-10-21)17-34-19-29-25-5-3-4-6-26(25)34/h3-14,19,24H,15-18H2,1-2H3. The van der Waals surface area contributed by atoms with Gasteiger partial charge in [-0.05, 0) is 74.6 Å². The van der Waals surface area contributed by atoms with Gasteiger partial charge in [0.05, 0.1) is 17.4 Å². The minimum Gasteiger partial charge on any atom is -0.416 e. The monoisotopic (exact) mass is 464 g/mol. The number of hydrogen-bond donors (Lipinski definition) is 0. The number of fused-ring (bicyclic) bond motifs is 1. The molecule has 1 atom stereocenters. The van der Waals surface area contributed by atoms with Gasteiger partial charge in [0.2, 0.25) is 11.8 Å². The second kappa shape index (κ2) is 9.00. The summed E-state index contributed by atoms with van der Waals surface area (Å²) < 4.78 is 8.17. The van der Waals surface area contributed by atoms with Gasteiger partial charge in [-0.1, -0.05) is 24.3 Å². The van der Waals surface area contributed by atoms with Crippen LogP contribution in [0.5, 0.6) is 0 Å². The molecule has 3 aromatic carbocycles. The van der Waals surface area contributed by atoms with Gasteiger partial charge in [0.1, 0.15) is 0 Å². The van der Waals surface area contributed by atoms with Crippen molar-refractivity contribution in [1.82, 2.24) is 24.6 Å². The van der Waals surface area contributed by atoms with Crippen LogP contribution in [0.4, 0.5) is 5.69 Å². The van der Waals surface area contributed by atoms with Gasteiger partial charge in [0.25, 0.3) is 0 Å². The first kappa shape index (κ1) is 21.6. The lowest BCUT2D eigenvalue weighted by Gasteiger charge is -2.21. The highest BCUT2D eigenvalue weighted by molar-refractivity contribution is 5.75. The smallest absolute Gasteiger partial charge is 0.248 e. The number of para-hydroxylation sites is 2. The van der Waals surface area contributed by atoms with E-state index in [1.165, 1.54) is 17.7 Å². The number of aromatic nitrogens is 4. The van der Waals surface area contributed by atoms with E-state index in [9.17, 15) is 0 Å². The second-order valence-electron chi connectivity index (χ2n) is 9.37. The van der Waals surface area contributed by atoms with Gasteiger partial charge < -0.3 is 18.8 Å². The molecule has 0 saturated carbocycles. The minimum atomic E-state index is 0.525. The normalized spacial score (nSPS) is 16.0. The van der Waals surface area contributed by atoms with Crippen LogP contribution in [0.25, 0.3) is 33.9 Å². The lowest BCUT2D eigenvalue weighted by Crippen LogP contribution is -2.31.